The van der Waals surface area contributed by atoms with E-state index in [1.54, 1.807) is 0 Å². The second-order valence-electron chi connectivity index (χ2n) is 2.16. The molecule has 0 aromatic carbocycles. The highest BCUT2D eigenvalue weighted by Gasteiger charge is 2.08. The molecule has 0 saturated heterocycles. The van der Waals surface area contributed by atoms with Crippen LogP contribution in [0.3, 0.4) is 0 Å². The molecule has 0 aromatic heterocycles. The van der Waals surface area contributed by atoms with Gasteiger partial charge in [0.1, 0.15) is 0 Å². The summed E-state index contributed by atoms with van der Waals surface area (Å²) in [5, 5.41) is 8.26. The SMILES string of the molecule is CB(C#N)C(C)C. The number of rotatable bonds is 1. The fourth-order valence-corrected chi connectivity index (χ4v) is 0.149. The topological polar surface area (TPSA) is 23.8 Å². The number of nitrogens with zero attached hydrogens (tertiary/aromatic N) is 1. The van der Waals surface area contributed by atoms with Gasteiger partial charge < -0.3 is 0 Å². The Morgan fingerprint density at radius 1 is 1.57 bits per heavy atom. The summed E-state index contributed by atoms with van der Waals surface area (Å²) >= 11 is 0. The van der Waals surface area contributed by atoms with Crippen LogP contribution in [0.2, 0.25) is 12.6 Å². The van der Waals surface area contributed by atoms with Gasteiger partial charge in [0.15, 0.2) is 0 Å². The number of hydrogen-bond donors (Lipinski definition) is 0. The Kier molecular flexibility index (Phi) is 2.51. The Morgan fingerprint density at radius 3 is 2.00 bits per heavy atom. The lowest BCUT2D eigenvalue weighted by molar-refractivity contribution is 1.05. The van der Waals surface area contributed by atoms with Gasteiger partial charge in [-0.2, -0.15) is 0 Å². The molecule has 0 fully saturated rings. The van der Waals surface area contributed by atoms with Crippen molar-refractivity contribution in [1.82, 2.24) is 0 Å². The van der Waals surface area contributed by atoms with Crippen LogP contribution in [0.25, 0.3) is 0 Å². The average molecular weight is 95.0 g/mol. The molecule has 0 radical (unpaired) electrons. The van der Waals surface area contributed by atoms with Crippen LogP contribution in [0.1, 0.15) is 13.8 Å². The molecule has 0 aliphatic carbocycles. The molecular weight excluding hydrogens is 84.9 g/mol. The lowest BCUT2D eigenvalue weighted by Crippen LogP contribution is -2.07. The van der Waals surface area contributed by atoms with Gasteiger partial charge in [-0.15, -0.1) is 0 Å². The van der Waals surface area contributed by atoms with Crippen LogP contribution in [0.4, 0.5) is 0 Å². The Bertz CT molecular complexity index is 82.6. The third kappa shape index (κ3) is 2.28. The van der Waals surface area contributed by atoms with E-state index >= 15 is 0 Å². The van der Waals surface area contributed by atoms with Gasteiger partial charge in [0.05, 0.1) is 0 Å². The van der Waals surface area contributed by atoms with Crippen molar-refractivity contribution in [3.63, 3.8) is 0 Å². The minimum atomic E-state index is 0.208. The van der Waals surface area contributed by atoms with Gasteiger partial charge in [-0.25, -0.2) is 5.26 Å². The van der Waals surface area contributed by atoms with E-state index in [2.05, 4.69) is 5.97 Å². The normalized spacial score (nSPS) is 8.43. The first-order chi connectivity index (χ1) is 3.18. The van der Waals surface area contributed by atoms with Crippen molar-refractivity contribution in [3.05, 3.63) is 0 Å². The van der Waals surface area contributed by atoms with Crippen LogP contribution >= 0.6 is 0 Å². The number of hydrogen-bond acceptors (Lipinski definition) is 1. The van der Waals surface area contributed by atoms with Crippen molar-refractivity contribution in [2.75, 3.05) is 0 Å². The summed E-state index contributed by atoms with van der Waals surface area (Å²) in [7, 11) is 0. The van der Waals surface area contributed by atoms with Gasteiger partial charge in [0.25, 0.3) is 6.71 Å². The first-order valence-corrected chi connectivity index (χ1v) is 2.58. The van der Waals surface area contributed by atoms with E-state index in [4.69, 9.17) is 5.26 Å². The van der Waals surface area contributed by atoms with Crippen molar-refractivity contribution in [1.29, 1.82) is 5.26 Å². The Morgan fingerprint density at radius 2 is 2.00 bits per heavy atom. The second-order valence-corrected chi connectivity index (χ2v) is 2.16. The molecule has 0 aliphatic rings. The Hall–Kier alpha value is -0.445. The van der Waals surface area contributed by atoms with Crippen molar-refractivity contribution >= 4 is 6.71 Å². The molecule has 1 nitrogen and oxygen atoms in total. The second kappa shape index (κ2) is 2.68. The van der Waals surface area contributed by atoms with Gasteiger partial charge in [-0.3, -0.25) is 0 Å². The van der Waals surface area contributed by atoms with Gasteiger partial charge in [-0.05, 0) is 0 Å². The van der Waals surface area contributed by atoms with Gasteiger partial charge in [0.2, 0.25) is 0 Å². The molecule has 2 heteroatoms. The van der Waals surface area contributed by atoms with Crippen LogP contribution in [-0.4, -0.2) is 6.71 Å². The fourth-order valence-electron chi connectivity index (χ4n) is 0.149. The molecule has 38 valence electrons. The molecule has 0 heterocycles. The highest BCUT2D eigenvalue weighted by Crippen LogP contribution is 2.03. The minimum absolute atomic E-state index is 0.208. The molecule has 0 aromatic rings. The van der Waals surface area contributed by atoms with Crippen molar-refractivity contribution < 1.29 is 0 Å². The molecule has 0 saturated carbocycles. The van der Waals surface area contributed by atoms with Crippen LogP contribution in [0.15, 0.2) is 0 Å². The summed E-state index contributed by atoms with van der Waals surface area (Å²) in [6, 6.07) is 0. The molecule has 0 N–H and O–H groups in total. The summed E-state index contributed by atoms with van der Waals surface area (Å²) < 4.78 is 0. The third-order valence-electron chi connectivity index (χ3n) is 1.20. The van der Waals surface area contributed by atoms with Crippen LogP contribution in [0.5, 0.6) is 0 Å². The molecular formula is C5H10BN. The smallest absolute Gasteiger partial charge is 0.213 e. The van der Waals surface area contributed by atoms with Crippen LogP contribution in [0, 0.1) is 11.2 Å². The first-order valence-electron chi connectivity index (χ1n) is 2.58. The maximum Gasteiger partial charge on any atom is 0.267 e. The summed E-state index contributed by atoms with van der Waals surface area (Å²) in [6.07, 6.45) is 0. The quantitative estimate of drug-likeness (QED) is 0.453. The predicted octanol–water partition coefficient (Wildman–Crippen LogP) is 1.58. The molecule has 0 bridgehead atoms. The summed E-state index contributed by atoms with van der Waals surface area (Å²) in [5.41, 5.74) is 0. The van der Waals surface area contributed by atoms with E-state index in [0.717, 1.165) is 0 Å². The van der Waals surface area contributed by atoms with E-state index in [0.29, 0.717) is 5.82 Å². The number of nitriles is 1. The van der Waals surface area contributed by atoms with E-state index in [-0.39, 0.29) is 6.71 Å². The third-order valence-corrected chi connectivity index (χ3v) is 1.20. The molecule has 0 atom stereocenters. The van der Waals surface area contributed by atoms with Crippen molar-refractivity contribution in [2.45, 2.75) is 26.5 Å². The summed E-state index contributed by atoms with van der Waals surface area (Å²) in [4.78, 5) is 0. The first kappa shape index (κ1) is 6.55. The molecule has 0 amide bonds. The lowest BCUT2D eigenvalue weighted by Gasteiger charge is -1.97. The maximum atomic E-state index is 8.26. The monoisotopic (exact) mass is 95.1 g/mol. The molecule has 0 spiro atoms. The summed E-state index contributed by atoms with van der Waals surface area (Å²) in [5.74, 6) is 2.67. The fraction of sp³-hybridized carbons (Fsp3) is 0.800. The Balaban J connectivity index is 3.40. The lowest BCUT2D eigenvalue weighted by atomic mass is 9.46. The van der Waals surface area contributed by atoms with Gasteiger partial charge >= 0.3 is 0 Å². The zero-order valence-corrected chi connectivity index (χ0v) is 5.10. The highest BCUT2D eigenvalue weighted by molar-refractivity contribution is 6.66. The minimum Gasteiger partial charge on any atom is -0.213 e. The zero-order valence-electron chi connectivity index (χ0n) is 5.10. The molecule has 7 heavy (non-hydrogen) atoms. The van der Waals surface area contributed by atoms with Crippen molar-refractivity contribution in [3.8, 4) is 5.97 Å². The van der Waals surface area contributed by atoms with E-state index in [9.17, 15) is 0 Å². The van der Waals surface area contributed by atoms with E-state index < -0.39 is 0 Å². The Labute approximate surface area is 45.4 Å². The highest BCUT2D eigenvalue weighted by atomic mass is 14.2. The predicted molar refractivity (Wildman–Crippen MR) is 32.3 cm³/mol. The largest absolute Gasteiger partial charge is 0.267 e. The van der Waals surface area contributed by atoms with Crippen molar-refractivity contribution in [2.24, 2.45) is 0 Å². The van der Waals surface area contributed by atoms with Crippen LogP contribution in [-0.2, 0) is 0 Å². The maximum absolute atomic E-state index is 8.26. The van der Waals surface area contributed by atoms with E-state index in [1.165, 1.54) is 0 Å². The average Bonchev–Trinajstić information content (AvgIpc) is 1.65. The standard InChI is InChI=1S/C5H10BN/c1-5(2)6(3)4-7/h5H,1-3H3. The molecule has 0 unspecified atom stereocenters. The molecule has 0 aliphatic heterocycles. The molecule has 0 rings (SSSR count). The zero-order chi connectivity index (χ0) is 5.86. The van der Waals surface area contributed by atoms with E-state index in [1.807, 2.05) is 20.7 Å². The van der Waals surface area contributed by atoms with Crippen LogP contribution < -0.4 is 0 Å². The summed E-state index contributed by atoms with van der Waals surface area (Å²) in [6.45, 7) is 6.24. The van der Waals surface area contributed by atoms with Gasteiger partial charge in [0, 0.05) is 5.97 Å². The van der Waals surface area contributed by atoms with Gasteiger partial charge in [-0.1, -0.05) is 26.5 Å².